The van der Waals surface area contributed by atoms with Crippen LogP contribution in [-0.2, 0) is 0 Å². The van der Waals surface area contributed by atoms with Gasteiger partial charge in [-0.3, -0.25) is 15.5 Å². The van der Waals surface area contributed by atoms with E-state index in [0.29, 0.717) is 12.1 Å². The predicted octanol–water partition coefficient (Wildman–Crippen LogP) is 1.98. The standard InChI is InChI=1S/C12H19N5O3/c1-8-5-4-6-9(2)16(8)15-11-10(17(18)19)12(20-3)14-7-13-11/h7-9H,4-6H2,1-3H3,(H,13,14,15). The highest BCUT2D eigenvalue weighted by atomic mass is 16.6. The number of piperidine rings is 1. The molecule has 1 fully saturated rings. The highest BCUT2D eigenvalue weighted by Crippen LogP contribution is 2.32. The third-order valence-electron chi connectivity index (χ3n) is 3.59. The molecule has 0 saturated carbocycles. The lowest BCUT2D eigenvalue weighted by Crippen LogP contribution is -2.47. The van der Waals surface area contributed by atoms with Crippen LogP contribution in [-0.4, -0.2) is 39.1 Å². The molecule has 8 nitrogen and oxygen atoms in total. The van der Waals surface area contributed by atoms with Gasteiger partial charge in [-0.25, -0.2) is 9.99 Å². The lowest BCUT2D eigenvalue weighted by Gasteiger charge is -2.38. The van der Waals surface area contributed by atoms with Crippen LogP contribution in [0.15, 0.2) is 6.33 Å². The van der Waals surface area contributed by atoms with E-state index in [4.69, 9.17) is 4.74 Å². The van der Waals surface area contributed by atoms with Gasteiger partial charge in [-0.05, 0) is 26.7 Å². The van der Waals surface area contributed by atoms with Crippen molar-refractivity contribution >= 4 is 11.5 Å². The van der Waals surface area contributed by atoms with Gasteiger partial charge in [0.2, 0.25) is 5.82 Å². The zero-order valence-corrected chi connectivity index (χ0v) is 11.9. The second-order valence-corrected chi connectivity index (χ2v) is 4.99. The van der Waals surface area contributed by atoms with Gasteiger partial charge in [0.15, 0.2) is 0 Å². The van der Waals surface area contributed by atoms with E-state index in [1.165, 1.54) is 13.4 Å². The number of nitro groups is 1. The van der Waals surface area contributed by atoms with Crippen molar-refractivity contribution in [1.82, 2.24) is 15.0 Å². The number of methoxy groups -OCH3 is 1. The lowest BCUT2D eigenvalue weighted by atomic mass is 10.00. The normalized spacial score (nSPS) is 23.4. The summed E-state index contributed by atoms with van der Waals surface area (Å²) < 4.78 is 4.94. The van der Waals surface area contributed by atoms with Gasteiger partial charge in [0.1, 0.15) is 6.33 Å². The Morgan fingerprint density at radius 1 is 1.40 bits per heavy atom. The average Bonchev–Trinajstić information content (AvgIpc) is 2.42. The van der Waals surface area contributed by atoms with Crippen LogP contribution in [0.1, 0.15) is 33.1 Å². The molecule has 0 radical (unpaired) electrons. The van der Waals surface area contributed by atoms with Crippen LogP contribution in [0.5, 0.6) is 5.88 Å². The summed E-state index contributed by atoms with van der Waals surface area (Å²) in [6, 6.07) is 0.582. The summed E-state index contributed by atoms with van der Waals surface area (Å²) in [5.41, 5.74) is 2.83. The summed E-state index contributed by atoms with van der Waals surface area (Å²) in [4.78, 5) is 18.4. The number of hydrazine groups is 1. The quantitative estimate of drug-likeness (QED) is 0.666. The van der Waals surface area contributed by atoms with Crippen molar-refractivity contribution in [2.24, 2.45) is 0 Å². The molecule has 0 aromatic carbocycles. The van der Waals surface area contributed by atoms with Crippen LogP contribution in [0.25, 0.3) is 0 Å². The Morgan fingerprint density at radius 2 is 2.05 bits per heavy atom. The predicted molar refractivity (Wildman–Crippen MR) is 73.5 cm³/mol. The van der Waals surface area contributed by atoms with Gasteiger partial charge in [-0.1, -0.05) is 6.42 Å². The number of hydrogen-bond acceptors (Lipinski definition) is 7. The zero-order chi connectivity index (χ0) is 14.7. The smallest absolute Gasteiger partial charge is 0.374 e. The Kier molecular flexibility index (Phi) is 4.33. The van der Waals surface area contributed by atoms with Crippen molar-refractivity contribution in [3.05, 3.63) is 16.4 Å². The van der Waals surface area contributed by atoms with E-state index >= 15 is 0 Å². The molecular weight excluding hydrogens is 262 g/mol. The Bertz CT molecular complexity index is 486. The second-order valence-electron chi connectivity index (χ2n) is 4.99. The van der Waals surface area contributed by atoms with Crippen LogP contribution in [0.3, 0.4) is 0 Å². The third-order valence-corrected chi connectivity index (χ3v) is 3.59. The topological polar surface area (TPSA) is 93.4 Å². The molecule has 2 rings (SSSR count). The van der Waals surface area contributed by atoms with Crippen LogP contribution in [0.2, 0.25) is 0 Å². The van der Waals surface area contributed by atoms with E-state index in [2.05, 4.69) is 29.2 Å². The molecule has 1 aliphatic heterocycles. The maximum atomic E-state index is 11.2. The number of anilines is 1. The highest BCUT2D eigenvalue weighted by Gasteiger charge is 2.30. The zero-order valence-electron chi connectivity index (χ0n) is 11.9. The molecule has 2 atom stereocenters. The fourth-order valence-electron chi connectivity index (χ4n) is 2.52. The Hall–Kier alpha value is -1.96. The van der Waals surface area contributed by atoms with Gasteiger partial charge >= 0.3 is 5.69 Å². The van der Waals surface area contributed by atoms with E-state index in [1.807, 2.05) is 5.01 Å². The van der Waals surface area contributed by atoms with E-state index in [9.17, 15) is 10.1 Å². The molecule has 1 N–H and O–H groups in total. The summed E-state index contributed by atoms with van der Waals surface area (Å²) in [5, 5.41) is 13.2. The molecule has 2 unspecified atom stereocenters. The molecule has 1 aromatic rings. The molecule has 0 spiro atoms. The van der Waals surface area contributed by atoms with Gasteiger partial charge in [-0.15, -0.1) is 0 Å². The minimum absolute atomic E-state index is 0.0372. The van der Waals surface area contributed by atoms with Gasteiger partial charge in [0.25, 0.3) is 5.88 Å². The van der Waals surface area contributed by atoms with Crippen molar-refractivity contribution in [2.75, 3.05) is 12.5 Å². The Balaban J connectivity index is 2.30. The van der Waals surface area contributed by atoms with E-state index in [1.54, 1.807) is 0 Å². The van der Waals surface area contributed by atoms with E-state index in [0.717, 1.165) is 19.3 Å². The molecule has 1 aromatic heterocycles. The molecule has 0 aliphatic carbocycles. The van der Waals surface area contributed by atoms with E-state index < -0.39 is 4.92 Å². The van der Waals surface area contributed by atoms with Crippen molar-refractivity contribution in [2.45, 2.75) is 45.2 Å². The second kappa shape index (κ2) is 6.00. The minimum atomic E-state index is -0.527. The first-order valence-corrected chi connectivity index (χ1v) is 6.63. The molecule has 0 bridgehead atoms. The van der Waals surface area contributed by atoms with Crippen molar-refractivity contribution in [3.63, 3.8) is 0 Å². The number of hydrogen-bond donors (Lipinski definition) is 1. The maximum Gasteiger partial charge on any atom is 0.374 e. The SMILES string of the molecule is COc1ncnc(NN2C(C)CCCC2C)c1[N+](=O)[O-]. The summed E-state index contributed by atoms with van der Waals surface area (Å²) >= 11 is 0. The highest BCUT2D eigenvalue weighted by molar-refractivity contribution is 5.60. The Labute approximate surface area is 117 Å². The van der Waals surface area contributed by atoms with Gasteiger partial charge in [-0.2, -0.15) is 4.98 Å². The van der Waals surface area contributed by atoms with Crippen LogP contribution >= 0.6 is 0 Å². The molecule has 20 heavy (non-hydrogen) atoms. The molecule has 2 heterocycles. The summed E-state index contributed by atoms with van der Waals surface area (Å²) in [6.45, 7) is 4.18. The number of nitrogens with one attached hydrogen (secondary N) is 1. The molecule has 8 heteroatoms. The Morgan fingerprint density at radius 3 is 2.60 bits per heavy atom. The summed E-state index contributed by atoms with van der Waals surface area (Å²) in [5.74, 6) is 0.132. The first-order valence-electron chi connectivity index (χ1n) is 6.63. The van der Waals surface area contributed by atoms with Crippen LogP contribution in [0.4, 0.5) is 11.5 Å². The largest absolute Gasteiger partial charge is 0.476 e. The number of ether oxygens (including phenoxy) is 1. The first kappa shape index (κ1) is 14.4. The fourth-order valence-corrected chi connectivity index (χ4v) is 2.52. The molecule has 1 saturated heterocycles. The van der Waals surface area contributed by atoms with Crippen molar-refractivity contribution in [1.29, 1.82) is 0 Å². The van der Waals surface area contributed by atoms with Crippen molar-refractivity contribution in [3.8, 4) is 5.88 Å². The van der Waals surface area contributed by atoms with Gasteiger partial charge < -0.3 is 4.74 Å². The average molecular weight is 281 g/mol. The molecule has 0 amide bonds. The fraction of sp³-hybridized carbons (Fsp3) is 0.667. The molecule has 110 valence electrons. The van der Waals surface area contributed by atoms with Gasteiger partial charge in [0.05, 0.1) is 12.0 Å². The van der Waals surface area contributed by atoms with Crippen LogP contribution in [0, 0.1) is 10.1 Å². The molecular formula is C12H19N5O3. The maximum absolute atomic E-state index is 11.2. The summed E-state index contributed by atoms with van der Waals surface area (Å²) in [7, 11) is 1.35. The van der Waals surface area contributed by atoms with Gasteiger partial charge in [0, 0.05) is 12.1 Å². The monoisotopic (exact) mass is 281 g/mol. The number of nitrogens with zero attached hydrogens (tertiary/aromatic N) is 4. The van der Waals surface area contributed by atoms with Crippen molar-refractivity contribution < 1.29 is 9.66 Å². The third kappa shape index (κ3) is 2.79. The lowest BCUT2D eigenvalue weighted by molar-refractivity contribution is -0.385. The first-order chi connectivity index (χ1) is 9.54. The number of rotatable bonds is 4. The van der Waals surface area contributed by atoms with Crippen LogP contribution < -0.4 is 10.2 Å². The summed E-state index contributed by atoms with van der Waals surface area (Å²) in [6.07, 6.45) is 4.52. The molecule has 1 aliphatic rings. The number of aromatic nitrogens is 2. The van der Waals surface area contributed by atoms with E-state index in [-0.39, 0.29) is 17.4 Å². The minimum Gasteiger partial charge on any atom is -0.476 e.